The van der Waals surface area contributed by atoms with Gasteiger partial charge in [-0.1, -0.05) is 36.4 Å². The quantitative estimate of drug-likeness (QED) is 0.359. The van der Waals surface area contributed by atoms with Crippen LogP contribution < -0.4 is 5.32 Å². The van der Waals surface area contributed by atoms with Gasteiger partial charge in [0, 0.05) is 42.7 Å². The fourth-order valence-electron chi connectivity index (χ4n) is 3.96. The number of imidazole rings is 1. The number of nitrogens with one attached hydrogen (secondary N) is 1. The fourth-order valence-corrected chi connectivity index (χ4v) is 3.96. The number of carbonyl (C=O) groups is 1. The molecule has 0 radical (unpaired) electrons. The summed E-state index contributed by atoms with van der Waals surface area (Å²) in [6, 6.07) is 19.2. The van der Waals surface area contributed by atoms with E-state index < -0.39 is 0 Å². The van der Waals surface area contributed by atoms with Crippen LogP contribution in [0, 0.1) is 0 Å². The van der Waals surface area contributed by atoms with Gasteiger partial charge in [0.05, 0.1) is 17.7 Å². The molecule has 10 nitrogen and oxygen atoms in total. The maximum absolute atomic E-state index is 12.9. The molecule has 35 heavy (non-hydrogen) atoms. The van der Waals surface area contributed by atoms with Crippen LogP contribution in [0.2, 0.25) is 0 Å². The molecule has 4 aromatic heterocycles. The Hall–Kier alpha value is -4.86. The SMILES string of the molecule is O=C(NCCCn1ccnc1)c1cc2nc(-c3ccccc3)cc(-c3ccc4nonc4c3)n2n1. The normalized spacial score (nSPS) is 11.3. The van der Waals surface area contributed by atoms with Gasteiger partial charge in [-0.3, -0.25) is 4.79 Å². The highest BCUT2D eigenvalue weighted by Gasteiger charge is 2.17. The van der Waals surface area contributed by atoms with Gasteiger partial charge in [-0.15, -0.1) is 0 Å². The van der Waals surface area contributed by atoms with Crippen LogP contribution in [0.4, 0.5) is 0 Å². The predicted octanol–water partition coefficient (Wildman–Crippen LogP) is 3.62. The van der Waals surface area contributed by atoms with Crippen LogP contribution in [-0.4, -0.2) is 46.9 Å². The summed E-state index contributed by atoms with van der Waals surface area (Å²) < 4.78 is 8.50. The number of aryl methyl sites for hydroxylation is 1. The zero-order valence-corrected chi connectivity index (χ0v) is 18.6. The molecule has 1 N–H and O–H groups in total. The highest BCUT2D eigenvalue weighted by Crippen LogP contribution is 2.28. The lowest BCUT2D eigenvalue weighted by molar-refractivity contribution is 0.0947. The lowest BCUT2D eigenvalue weighted by atomic mass is 10.1. The molecule has 10 heteroatoms. The third-order valence-corrected chi connectivity index (χ3v) is 5.72. The van der Waals surface area contributed by atoms with Gasteiger partial charge < -0.3 is 9.88 Å². The molecule has 0 unspecified atom stereocenters. The van der Waals surface area contributed by atoms with Gasteiger partial charge in [-0.2, -0.15) is 5.10 Å². The summed E-state index contributed by atoms with van der Waals surface area (Å²) in [5.74, 6) is -0.246. The van der Waals surface area contributed by atoms with E-state index in [9.17, 15) is 4.79 Å². The molecular formula is C25H20N8O2. The van der Waals surface area contributed by atoms with E-state index in [1.54, 1.807) is 23.1 Å². The summed E-state index contributed by atoms with van der Waals surface area (Å²) in [7, 11) is 0. The molecule has 0 aliphatic carbocycles. The van der Waals surface area contributed by atoms with E-state index in [2.05, 4.69) is 25.7 Å². The molecule has 172 valence electrons. The van der Waals surface area contributed by atoms with Crippen LogP contribution in [0.15, 0.2) is 84.0 Å². The number of rotatable bonds is 7. The number of nitrogens with zero attached hydrogens (tertiary/aromatic N) is 7. The summed E-state index contributed by atoms with van der Waals surface area (Å²) >= 11 is 0. The van der Waals surface area contributed by atoms with E-state index in [4.69, 9.17) is 9.61 Å². The molecule has 0 aliphatic heterocycles. The second-order valence-corrected chi connectivity index (χ2v) is 8.07. The van der Waals surface area contributed by atoms with Gasteiger partial charge in [-0.25, -0.2) is 19.1 Å². The molecule has 6 rings (SSSR count). The van der Waals surface area contributed by atoms with E-state index in [1.165, 1.54) is 0 Å². The van der Waals surface area contributed by atoms with Crippen molar-refractivity contribution in [3.05, 3.63) is 85.1 Å². The molecule has 0 spiro atoms. The fraction of sp³-hybridized carbons (Fsp3) is 0.120. The summed E-state index contributed by atoms with van der Waals surface area (Å²) in [5, 5.41) is 15.4. The van der Waals surface area contributed by atoms with Crippen molar-refractivity contribution in [2.75, 3.05) is 6.54 Å². The Bertz CT molecular complexity index is 1620. The average molecular weight is 464 g/mol. The predicted molar refractivity (Wildman–Crippen MR) is 128 cm³/mol. The molecule has 6 aromatic rings. The van der Waals surface area contributed by atoms with Crippen LogP contribution in [0.5, 0.6) is 0 Å². The van der Waals surface area contributed by atoms with Gasteiger partial charge in [0.1, 0.15) is 11.0 Å². The van der Waals surface area contributed by atoms with Crippen molar-refractivity contribution in [2.24, 2.45) is 0 Å². The van der Waals surface area contributed by atoms with E-state index in [0.717, 1.165) is 35.5 Å². The third-order valence-electron chi connectivity index (χ3n) is 5.72. The number of hydrogen-bond donors (Lipinski definition) is 1. The summed E-state index contributed by atoms with van der Waals surface area (Å²) in [4.78, 5) is 21.7. The van der Waals surface area contributed by atoms with Crippen molar-refractivity contribution in [2.45, 2.75) is 13.0 Å². The van der Waals surface area contributed by atoms with Crippen molar-refractivity contribution in [3.8, 4) is 22.5 Å². The van der Waals surface area contributed by atoms with Gasteiger partial charge in [0.25, 0.3) is 5.91 Å². The van der Waals surface area contributed by atoms with Crippen LogP contribution in [0.3, 0.4) is 0 Å². The highest BCUT2D eigenvalue weighted by molar-refractivity contribution is 5.93. The Balaban J connectivity index is 1.35. The van der Waals surface area contributed by atoms with Crippen LogP contribution in [0.25, 0.3) is 39.2 Å². The summed E-state index contributed by atoms with van der Waals surface area (Å²) in [6.07, 6.45) is 6.17. The highest BCUT2D eigenvalue weighted by atomic mass is 16.6. The Labute approximate surface area is 199 Å². The lowest BCUT2D eigenvalue weighted by Gasteiger charge is -2.08. The topological polar surface area (TPSA) is 116 Å². The number of aromatic nitrogens is 7. The lowest BCUT2D eigenvalue weighted by Crippen LogP contribution is -2.25. The molecule has 0 saturated carbocycles. The number of hydrogen-bond acceptors (Lipinski definition) is 7. The molecule has 0 fully saturated rings. The minimum atomic E-state index is -0.246. The molecule has 1 amide bonds. The zero-order chi connectivity index (χ0) is 23.6. The summed E-state index contributed by atoms with van der Waals surface area (Å²) in [6.45, 7) is 1.30. The number of benzene rings is 2. The van der Waals surface area contributed by atoms with E-state index >= 15 is 0 Å². The van der Waals surface area contributed by atoms with Crippen molar-refractivity contribution >= 4 is 22.6 Å². The van der Waals surface area contributed by atoms with Gasteiger partial charge >= 0.3 is 0 Å². The molecule has 0 saturated heterocycles. The second-order valence-electron chi connectivity index (χ2n) is 8.07. The number of fused-ring (bicyclic) bond motifs is 2. The van der Waals surface area contributed by atoms with Crippen LogP contribution in [-0.2, 0) is 6.54 Å². The molecule has 0 aliphatic rings. The Kier molecular flexibility index (Phi) is 5.22. The Morgan fingerprint density at radius 1 is 0.971 bits per heavy atom. The zero-order valence-electron chi connectivity index (χ0n) is 18.6. The maximum Gasteiger partial charge on any atom is 0.271 e. The van der Waals surface area contributed by atoms with E-state index in [1.807, 2.05) is 65.4 Å². The standard InChI is InChI=1S/C25H20N8O2/c34-25(27-9-4-11-32-12-10-26-16-32)22-15-24-28-20(17-5-2-1-3-6-17)14-23(33(24)29-22)18-7-8-19-21(13-18)31-35-30-19/h1-3,5-8,10,12-16H,4,9,11H2,(H,27,34). The van der Waals surface area contributed by atoms with Crippen LogP contribution >= 0.6 is 0 Å². The first kappa shape index (κ1) is 20.7. The van der Waals surface area contributed by atoms with Crippen molar-refractivity contribution < 1.29 is 9.42 Å². The van der Waals surface area contributed by atoms with E-state index in [0.29, 0.717) is 28.9 Å². The molecular weight excluding hydrogens is 444 g/mol. The molecule has 0 atom stereocenters. The maximum atomic E-state index is 12.9. The van der Waals surface area contributed by atoms with Crippen molar-refractivity contribution in [1.82, 2.24) is 39.8 Å². The smallest absolute Gasteiger partial charge is 0.271 e. The first-order chi connectivity index (χ1) is 17.2. The molecule has 0 bridgehead atoms. The largest absolute Gasteiger partial charge is 0.351 e. The minimum Gasteiger partial charge on any atom is -0.351 e. The second kappa shape index (κ2) is 8.82. The monoisotopic (exact) mass is 464 g/mol. The summed E-state index contributed by atoms with van der Waals surface area (Å²) in [5.41, 5.74) is 5.55. The van der Waals surface area contributed by atoms with Crippen LogP contribution in [0.1, 0.15) is 16.9 Å². The van der Waals surface area contributed by atoms with Gasteiger partial charge in [0.15, 0.2) is 11.3 Å². The first-order valence-electron chi connectivity index (χ1n) is 11.2. The van der Waals surface area contributed by atoms with Gasteiger partial charge in [0.2, 0.25) is 0 Å². The molecule has 4 heterocycles. The third kappa shape index (κ3) is 4.12. The first-order valence-corrected chi connectivity index (χ1v) is 11.2. The van der Waals surface area contributed by atoms with Crippen molar-refractivity contribution in [1.29, 1.82) is 0 Å². The average Bonchev–Trinajstić information content (AvgIpc) is 3.66. The Morgan fingerprint density at radius 3 is 2.71 bits per heavy atom. The number of carbonyl (C=O) groups excluding carboxylic acids is 1. The number of amides is 1. The minimum absolute atomic E-state index is 0.246. The van der Waals surface area contributed by atoms with Gasteiger partial charge in [-0.05, 0) is 34.9 Å². The van der Waals surface area contributed by atoms with E-state index in [-0.39, 0.29) is 5.91 Å². The Morgan fingerprint density at radius 2 is 1.86 bits per heavy atom. The molecule has 2 aromatic carbocycles. The van der Waals surface area contributed by atoms with Crippen molar-refractivity contribution in [3.63, 3.8) is 0 Å².